The molecule has 1 aliphatic rings. The van der Waals surface area contributed by atoms with Crippen LogP contribution in [-0.2, 0) is 16.6 Å². The van der Waals surface area contributed by atoms with Crippen molar-refractivity contribution in [3.05, 3.63) is 47.0 Å². The summed E-state index contributed by atoms with van der Waals surface area (Å²) in [6.45, 7) is 4.36. The van der Waals surface area contributed by atoms with E-state index in [0.29, 0.717) is 6.54 Å². The minimum Gasteiger partial charge on any atom is -0.327 e. The summed E-state index contributed by atoms with van der Waals surface area (Å²) >= 11 is 0. The van der Waals surface area contributed by atoms with Crippen molar-refractivity contribution in [2.45, 2.75) is 32.7 Å². The summed E-state index contributed by atoms with van der Waals surface area (Å²) in [5.41, 5.74) is 2.84. The number of likely N-dealkylation sites (tertiary alicyclic amines) is 1. The highest BCUT2D eigenvalue weighted by Gasteiger charge is 2.36. The molecule has 6 nitrogen and oxygen atoms in total. The van der Waals surface area contributed by atoms with E-state index in [1.54, 1.807) is 15.6 Å². The molecule has 3 rings (SSSR count). The van der Waals surface area contributed by atoms with Crippen LogP contribution < -0.4 is 5.32 Å². The average Bonchev–Trinajstić information content (AvgIpc) is 3.13. The van der Waals surface area contributed by atoms with Gasteiger partial charge in [-0.15, -0.1) is 0 Å². The summed E-state index contributed by atoms with van der Waals surface area (Å²) in [6.07, 6.45) is 1.60. The van der Waals surface area contributed by atoms with Crippen LogP contribution in [-0.4, -0.2) is 33.0 Å². The van der Waals surface area contributed by atoms with Gasteiger partial charge < -0.3 is 10.2 Å². The van der Waals surface area contributed by atoms with Crippen molar-refractivity contribution in [3.63, 3.8) is 0 Å². The minimum absolute atomic E-state index is 0.00494. The predicted molar refractivity (Wildman–Crippen MR) is 91.4 cm³/mol. The highest BCUT2D eigenvalue weighted by atomic mass is 19.1. The molecule has 132 valence electrons. The van der Waals surface area contributed by atoms with E-state index in [0.717, 1.165) is 29.8 Å². The molecule has 2 aromatic rings. The topological polar surface area (TPSA) is 67.2 Å². The third kappa shape index (κ3) is 3.14. The van der Waals surface area contributed by atoms with Crippen molar-refractivity contribution in [1.82, 2.24) is 14.7 Å². The van der Waals surface area contributed by atoms with Crippen LogP contribution in [0.4, 0.5) is 10.1 Å². The maximum absolute atomic E-state index is 13.7. The number of para-hydroxylation sites is 1. The van der Waals surface area contributed by atoms with E-state index in [9.17, 15) is 14.0 Å². The molecule has 1 saturated heterocycles. The Morgan fingerprint density at radius 2 is 2.00 bits per heavy atom. The van der Waals surface area contributed by atoms with Crippen LogP contribution in [0.1, 0.15) is 35.8 Å². The average molecular weight is 344 g/mol. The van der Waals surface area contributed by atoms with Gasteiger partial charge in [-0.2, -0.15) is 5.10 Å². The number of nitrogens with zero attached hydrogens (tertiary/aromatic N) is 3. The molecule has 2 heterocycles. The van der Waals surface area contributed by atoms with Gasteiger partial charge in [0.25, 0.3) is 0 Å². The number of anilines is 1. The molecule has 0 aliphatic carbocycles. The van der Waals surface area contributed by atoms with Gasteiger partial charge in [-0.25, -0.2) is 4.39 Å². The first-order chi connectivity index (χ1) is 11.9. The van der Waals surface area contributed by atoms with Gasteiger partial charge in [0.1, 0.15) is 5.82 Å². The number of benzene rings is 1. The molecule has 25 heavy (non-hydrogen) atoms. The van der Waals surface area contributed by atoms with Crippen LogP contribution in [0.5, 0.6) is 0 Å². The van der Waals surface area contributed by atoms with Gasteiger partial charge in [0.15, 0.2) is 0 Å². The molecule has 2 amide bonds. The third-order valence-corrected chi connectivity index (χ3v) is 4.73. The number of hydrogen-bond acceptors (Lipinski definition) is 3. The van der Waals surface area contributed by atoms with Gasteiger partial charge in [-0.3, -0.25) is 14.3 Å². The van der Waals surface area contributed by atoms with Gasteiger partial charge in [0.2, 0.25) is 0 Å². The molecule has 1 N–H and O–H groups in total. The van der Waals surface area contributed by atoms with Crippen molar-refractivity contribution in [1.29, 1.82) is 0 Å². The molecule has 1 fully saturated rings. The Kier molecular flexibility index (Phi) is 4.57. The second kappa shape index (κ2) is 6.66. The summed E-state index contributed by atoms with van der Waals surface area (Å²) in [6, 6.07) is 5.62. The molecule has 1 atom stereocenters. The lowest BCUT2D eigenvalue weighted by molar-refractivity contribution is -0.143. The lowest BCUT2D eigenvalue weighted by atomic mass is 10.0. The molecule has 1 aromatic carbocycles. The van der Waals surface area contributed by atoms with Gasteiger partial charge in [-0.1, -0.05) is 12.1 Å². The molecule has 1 aromatic heterocycles. The Bertz CT molecular complexity index is 830. The second-order valence-electron chi connectivity index (χ2n) is 6.30. The van der Waals surface area contributed by atoms with Crippen LogP contribution in [0.15, 0.2) is 24.3 Å². The normalized spacial score (nSPS) is 17.0. The number of amides is 2. The van der Waals surface area contributed by atoms with E-state index < -0.39 is 17.6 Å². The number of carbonyl (C=O) groups is 2. The van der Waals surface area contributed by atoms with Gasteiger partial charge in [0, 0.05) is 24.8 Å². The fourth-order valence-corrected chi connectivity index (χ4v) is 3.45. The number of halogens is 1. The van der Waals surface area contributed by atoms with Crippen molar-refractivity contribution in [2.24, 2.45) is 7.05 Å². The molecular formula is C18H21FN4O2. The maximum Gasteiger partial charge on any atom is 0.314 e. The molecule has 0 radical (unpaired) electrons. The van der Waals surface area contributed by atoms with Crippen molar-refractivity contribution in [2.75, 3.05) is 11.9 Å². The van der Waals surface area contributed by atoms with E-state index >= 15 is 0 Å². The Balaban J connectivity index is 1.81. The number of rotatable bonds is 2. The number of aryl methyl sites for hydroxylation is 2. The summed E-state index contributed by atoms with van der Waals surface area (Å²) in [7, 11) is 1.86. The summed E-state index contributed by atoms with van der Waals surface area (Å²) < 4.78 is 15.5. The first-order valence-electron chi connectivity index (χ1n) is 8.26. The Labute approximate surface area is 145 Å². The van der Waals surface area contributed by atoms with Crippen LogP contribution >= 0.6 is 0 Å². The molecule has 0 spiro atoms. The Morgan fingerprint density at radius 3 is 2.64 bits per heavy atom. The van der Waals surface area contributed by atoms with Crippen LogP contribution in [0.25, 0.3) is 0 Å². The van der Waals surface area contributed by atoms with Gasteiger partial charge in [0.05, 0.1) is 17.4 Å². The summed E-state index contributed by atoms with van der Waals surface area (Å²) in [5.74, 6) is -2.04. The third-order valence-electron chi connectivity index (χ3n) is 4.73. The first-order valence-corrected chi connectivity index (χ1v) is 8.26. The van der Waals surface area contributed by atoms with Crippen LogP contribution in [0, 0.1) is 19.7 Å². The van der Waals surface area contributed by atoms with Crippen LogP contribution in [0.2, 0.25) is 0 Å². The zero-order chi connectivity index (χ0) is 18.1. The second-order valence-corrected chi connectivity index (χ2v) is 6.30. The zero-order valence-electron chi connectivity index (χ0n) is 14.5. The monoisotopic (exact) mass is 344 g/mol. The standard InChI is InChI=1S/C18H21FN4O2/c1-11-16(12(2)22(3)21-11)15-9-6-10-23(15)18(25)17(24)20-14-8-5-4-7-13(14)19/h4-5,7-8,15H,6,9-10H2,1-3H3,(H,20,24)/t15-/m1/s1. The number of aromatic nitrogens is 2. The highest BCUT2D eigenvalue weighted by Crippen LogP contribution is 2.35. The molecule has 1 aliphatic heterocycles. The molecule has 0 unspecified atom stereocenters. The lowest BCUT2D eigenvalue weighted by Gasteiger charge is -2.24. The Morgan fingerprint density at radius 1 is 1.28 bits per heavy atom. The van der Waals surface area contributed by atoms with E-state index in [-0.39, 0.29) is 11.7 Å². The van der Waals surface area contributed by atoms with E-state index in [4.69, 9.17) is 0 Å². The Hall–Kier alpha value is -2.70. The number of hydrogen-bond donors (Lipinski definition) is 1. The summed E-state index contributed by atoms with van der Waals surface area (Å²) in [5, 5.41) is 6.77. The highest BCUT2D eigenvalue weighted by molar-refractivity contribution is 6.39. The largest absolute Gasteiger partial charge is 0.327 e. The van der Waals surface area contributed by atoms with Gasteiger partial charge in [-0.05, 0) is 38.8 Å². The quantitative estimate of drug-likeness (QED) is 0.851. The zero-order valence-corrected chi connectivity index (χ0v) is 14.5. The van der Waals surface area contributed by atoms with Crippen LogP contribution in [0.3, 0.4) is 0 Å². The van der Waals surface area contributed by atoms with Gasteiger partial charge >= 0.3 is 11.8 Å². The van der Waals surface area contributed by atoms with Crippen molar-refractivity contribution < 1.29 is 14.0 Å². The molecular weight excluding hydrogens is 323 g/mol. The van der Waals surface area contributed by atoms with Crippen molar-refractivity contribution >= 4 is 17.5 Å². The maximum atomic E-state index is 13.7. The molecule has 7 heteroatoms. The van der Waals surface area contributed by atoms with Crippen molar-refractivity contribution in [3.8, 4) is 0 Å². The predicted octanol–water partition coefficient (Wildman–Crippen LogP) is 2.48. The SMILES string of the molecule is Cc1nn(C)c(C)c1[C@H]1CCCN1C(=O)C(=O)Nc1ccccc1F. The van der Waals surface area contributed by atoms with E-state index in [1.165, 1.54) is 18.2 Å². The number of carbonyl (C=O) groups excluding carboxylic acids is 2. The minimum atomic E-state index is -0.823. The smallest absolute Gasteiger partial charge is 0.314 e. The van der Waals surface area contributed by atoms with E-state index in [1.807, 2.05) is 20.9 Å². The molecule has 0 bridgehead atoms. The lowest BCUT2D eigenvalue weighted by Crippen LogP contribution is -2.39. The fraction of sp³-hybridized carbons (Fsp3) is 0.389. The molecule has 0 saturated carbocycles. The number of nitrogens with one attached hydrogen (secondary N) is 1. The fourth-order valence-electron chi connectivity index (χ4n) is 3.45. The summed E-state index contributed by atoms with van der Waals surface area (Å²) in [4.78, 5) is 26.5. The first kappa shape index (κ1) is 17.1. The van der Waals surface area contributed by atoms with E-state index in [2.05, 4.69) is 10.4 Å².